The van der Waals surface area contributed by atoms with Gasteiger partial charge in [-0.1, -0.05) is 39.8 Å². The van der Waals surface area contributed by atoms with E-state index in [1.807, 2.05) is 29.6 Å². The zero-order valence-electron chi connectivity index (χ0n) is 17.0. The molecule has 0 saturated carbocycles. The Kier molecular flexibility index (Phi) is 5.58. The van der Waals surface area contributed by atoms with Gasteiger partial charge in [0.2, 0.25) is 0 Å². The number of hydrogen-bond donors (Lipinski definition) is 0. The number of carbonyl (C=O) groups excluding carboxylic acids is 1. The van der Waals surface area contributed by atoms with Gasteiger partial charge in [0.05, 0.1) is 11.3 Å². The lowest BCUT2D eigenvalue weighted by Gasteiger charge is -2.32. The minimum Gasteiger partial charge on any atom is -0.338 e. The van der Waals surface area contributed by atoms with Crippen molar-refractivity contribution in [2.45, 2.75) is 65.3 Å². The van der Waals surface area contributed by atoms with Gasteiger partial charge in [0.1, 0.15) is 5.82 Å². The Hall–Kier alpha value is -2.31. The van der Waals surface area contributed by atoms with Crippen LogP contribution in [0.4, 0.5) is 0 Å². The highest BCUT2D eigenvalue weighted by Gasteiger charge is 2.26. The highest BCUT2D eigenvalue weighted by atomic mass is 16.2. The Bertz CT molecular complexity index is 775. The summed E-state index contributed by atoms with van der Waals surface area (Å²) in [5, 5.41) is 8.57. The van der Waals surface area contributed by atoms with Crippen LogP contribution >= 0.6 is 0 Å². The van der Waals surface area contributed by atoms with Gasteiger partial charge in [-0.2, -0.15) is 0 Å². The summed E-state index contributed by atoms with van der Waals surface area (Å²) in [5.74, 6) is 1.43. The van der Waals surface area contributed by atoms with Crippen molar-refractivity contribution in [3.05, 3.63) is 35.7 Å². The lowest BCUT2D eigenvalue weighted by molar-refractivity contribution is 0.0658. The Morgan fingerprint density at radius 2 is 1.96 bits per heavy atom. The first-order valence-corrected chi connectivity index (χ1v) is 9.76. The Morgan fingerprint density at radius 1 is 1.26 bits per heavy atom. The molecule has 0 spiro atoms. The molecular weight excluding hydrogens is 340 g/mol. The molecular formula is C20H30N6O. The minimum atomic E-state index is -0.00500. The first-order valence-electron chi connectivity index (χ1n) is 9.76. The van der Waals surface area contributed by atoms with Crippen molar-refractivity contribution in [1.29, 1.82) is 0 Å². The SMILES string of the molecule is CC(C)c1ncc(C(=O)N2CCCC(Cn3cc(C(C)(C)C)nn3)C2)cn1. The number of hydrogen-bond acceptors (Lipinski definition) is 5. The molecule has 7 nitrogen and oxygen atoms in total. The summed E-state index contributed by atoms with van der Waals surface area (Å²) in [6, 6.07) is 0. The normalized spacial score (nSPS) is 18.1. The fourth-order valence-corrected chi connectivity index (χ4v) is 3.32. The standard InChI is InChI=1S/C20H30N6O/c1-14(2)18-21-9-16(10-22-18)19(27)25-8-6-7-15(11-25)12-26-13-17(23-24-26)20(3,4)5/h9-10,13-15H,6-8,11-12H2,1-5H3. The molecule has 2 aromatic rings. The van der Waals surface area contributed by atoms with E-state index >= 15 is 0 Å². The van der Waals surface area contributed by atoms with E-state index in [0.717, 1.165) is 44.0 Å². The molecule has 1 atom stereocenters. The molecule has 0 radical (unpaired) electrons. The number of rotatable bonds is 4. The summed E-state index contributed by atoms with van der Waals surface area (Å²) in [5.41, 5.74) is 1.55. The van der Waals surface area contributed by atoms with E-state index in [4.69, 9.17) is 0 Å². The van der Waals surface area contributed by atoms with Crippen molar-refractivity contribution in [2.24, 2.45) is 5.92 Å². The number of amides is 1. The minimum absolute atomic E-state index is 0.00500. The second-order valence-corrected chi connectivity index (χ2v) is 8.82. The second kappa shape index (κ2) is 7.74. The molecule has 0 aliphatic carbocycles. The maximum atomic E-state index is 12.8. The third-order valence-corrected chi connectivity index (χ3v) is 4.99. The number of likely N-dealkylation sites (tertiary alicyclic amines) is 1. The van der Waals surface area contributed by atoms with Crippen LogP contribution in [0.15, 0.2) is 18.6 Å². The Morgan fingerprint density at radius 3 is 2.56 bits per heavy atom. The molecule has 1 aliphatic heterocycles. The van der Waals surface area contributed by atoms with E-state index < -0.39 is 0 Å². The summed E-state index contributed by atoms with van der Waals surface area (Å²) < 4.78 is 1.92. The van der Waals surface area contributed by atoms with Crippen LogP contribution in [-0.2, 0) is 12.0 Å². The summed E-state index contributed by atoms with van der Waals surface area (Å²) >= 11 is 0. The van der Waals surface area contributed by atoms with Gasteiger partial charge in [-0.05, 0) is 18.8 Å². The van der Waals surface area contributed by atoms with Crippen LogP contribution in [0.1, 0.15) is 75.3 Å². The molecule has 1 fully saturated rings. The lowest BCUT2D eigenvalue weighted by Crippen LogP contribution is -2.41. The molecule has 1 unspecified atom stereocenters. The van der Waals surface area contributed by atoms with E-state index in [-0.39, 0.29) is 17.2 Å². The van der Waals surface area contributed by atoms with Crippen LogP contribution < -0.4 is 0 Å². The molecule has 2 aromatic heterocycles. The summed E-state index contributed by atoms with van der Waals surface area (Å²) in [7, 11) is 0. The highest BCUT2D eigenvalue weighted by Crippen LogP contribution is 2.22. The van der Waals surface area contributed by atoms with Gasteiger partial charge in [-0.25, -0.2) is 9.97 Å². The van der Waals surface area contributed by atoms with Crippen LogP contribution in [-0.4, -0.2) is 48.9 Å². The molecule has 3 rings (SSSR count). The molecule has 0 N–H and O–H groups in total. The predicted octanol–water partition coefficient (Wildman–Crippen LogP) is 3.04. The van der Waals surface area contributed by atoms with E-state index in [1.54, 1.807) is 12.4 Å². The number of piperidine rings is 1. The molecule has 1 saturated heterocycles. The summed E-state index contributed by atoms with van der Waals surface area (Å²) in [6.07, 6.45) is 7.43. The van der Waals surface area contributed by atoms with Gasteiger partial charge in [-0.3, -0.25) is 9.48 Å². The fraction of sp³-hybridized carbons (Fsp3) is 0.650. The Labute approximate surface area is 161 Å². The van der Waals surface area contributed by atoms with Gasteiger partial charge in [0, 0.05) is 49.6 Å². The molecule has 0 aromatic carbocycles. The van der Waals surface area contributed by atoms with Crippen molar-refractivity contribution < 1.29 is 4.79 Å². The molecule has 27 heavy (non-hydrogen) atoms. The van der Waals surface area contributed by atoms with Crippen molar-refractivity contribution in [3.63, 3.8) is 0 Å². The van der Waals surface area contributed by atoms with Crippen LogP contribution in [0.25, 0.3) is 0 Å². The first kappa shape index (κ1) is 19.5. The van der Waals surface area contributed by atoms with E-state index in [2.05, 4.69) is 41.1 Å². The van der Waals surface area contributed by atoms with Crippen LogP contribution in [0.2, 0.25) is 0 Å². The van der Waals surface area contributed by atoms with Crippen LogP contribution in [0, 0.1) is 5.92 Å². The molecule has 146 valence electrons. The smallest absolute Gasteiger partial charge is 0.257 e. The highest BCUT2D eigenvalue weighted by molar-refractivity contribution is 5.93. The zero-order valence-corrected chi connectivity index (χ0v) is 17.0. The average Bonchev–Trinajstić information content (AvgIpc) is 3.10. The van der Waals surface area contributed by atoms with Crippen molar-refractivity contribution in [3.8, 4) is 0 Å². The van der Waals surface area contributed by atoms with Gasteiger partial charge >= 0.3 is 0 Å². The summed E-state index contributed by atoms with van der Waals surface area (Å²) in [4.78, 5) is 23.4. The van der Waals surface area contributed by atoms with E-state index in [1.165, 1.54) is 0 Å². The fourth-order valence-electron chi connectivity index (χ4n) is 3.32. The predicted molar refractivity (Wildman–Crippen MR) is 103 cm³/mol. The second-order valence-electron chi connectivity index (χ2n) is 8.82. The quantitative estimate of drug-likeness (QED) is 0.827. The van der Waals surface area contributed by atoms with Crippen molar-refractivity contribution >= 4 is 5.91 Å². The monoisotopic (exact) mass is 370 g/mol. The molecule has 3 heterocycles. The third kappa shape index (κ3) is 4.70. The maximum Gasteiger partial charge on any atom is 0.257 e. The zero-order chi connectivity index (χ0) is 19.6. The number of nitrogens with zero attached hydrogens (tertiary/aromatic N) is 6. The van der Waals surface area contributed by atoms with Crippen LogP contribution in [0.5, 0.6) is 0 Å². The van der Waals surface area contributed by atoms with Crippen molar-refractivity contribution in [2.75, 3.05) is 13.1 Å². The van der Waals surface area contributed by atoms with E-state index in [0.29, 0.717) is 11.5 Å². The number of aromatic nitrogens is 5. The van der Waals surface area contributed by atoms with Gasteiger partial charge < -0.3 is 4.90 Å². The molecule has 1 amide bonds. The van der Waals surface area contributed by atoms with Crippen LogP contribution in [0.3, 0.4) is 0 Å². The van der Waals surface area contributed by atoms with Gasteiger partial charge in [-0.15, -0.1) is 5.10 Å². The lowest BCUT2D eigenvalue weighted by atomic mass is 9.93. The van der Waals surface area contributed by atoms with Gasteiger partial charge in [0.25, 0.3) is 5.91 Å². The average molecular weight is 371 g/mol. The van der Waals surface area contributed by atoms with E-state index in [9.17, 15) is 4.79 Å². The van der Waals surface area contributed by atoms with Gasteiger partial charge in [0.15, 0.2) is 0 Å². The largest absolute Gasteiger partial charge is 0.338 e. The molecule has 1 aliphatic rings. The first-order chi connectivity index (χ1) is 12.7. The number of carbonyl (C=O) groups is 1. The molecule has 0 bridgehead atoms. The molecule has 7 heteroatoms. The Balaban J connectivity index is 1.63. The third-order valence-electron chi connectivity index (χ3n) is 4.99. The topological polar surface area (TPSA) is 76.8 Å². The summed E-state index contributed by atoms with van der Waals surface area (Å²) in [6.45, 7) is 12.8. The maximum absolute atomic E-state index is 12.8. The van der Waals surface area contributed by atoms with Crippen molar-refractivity contribution in [1.82, 2.24) is 29.9 Å².